The number of hydrogen-bond donors (Lipinski definition) is 0. The summed E-state index contributed by atoms with van der Waals surface area (Å²) >= 11 is 0. The summed E-state index contributed by atoms with van der Waals surface area (Å²) in [7, 11) is 0. The van der Waals surface area contributed by atoms with Crippen LogP contribution in [0.5, 0.6) is 0 Å². The lowest BCUT2D eigenvalue weighted by Crippen LogP contribution is -2.29. The van der Waals surface area contributed by atoms with E-state index in [9.17, 15) is 4.79 Å². The average Bonchev–Trinajstić information content (AvgIpc) is 3.40. The maximum Gasteiger partial charge on any atom is 0.227 e. The van der Waals surface area contributed by atoms with Crippen LogP contribution in [-0.2, 0) is 11.2 Å². The molecule has 1 aliphatic heterocycles. The van der Waals surface area contributed by atoms with Gasteiger partial charge >= 0.3 is 0 Å². The van der Waals surface area contributed by atoms with E-state index in [0.29, 0.717) is 31.1 Å². The van der Waals surface area contributed by atoms with E-state index in [2.05, 4.69) is 28.2 Å². The predicted molar refractivity (Wildman–Crippen MR) is 100.0 cm³/mol. The molecule has 140 valence electrons. The molecular weight excluding hydrogens is 342 g/mol. The first kappa shape index (κ1) is 17.5. The van der Waals surface area contributed by atoms with Gasteiger partial charge in [-0.25, -0.2) is 0 Å². The van der Waals surface area contributed by atoms with Crippen LogP contribution in [0.25, 0.3) is 11.4 Å². The number of carbonyl (C=O) groups is 1. The summed E-state index contributed by atoms with van der Waals surface area (Å²) in [5.74, 6) is 1.18. The van der Waals surface area contributed by atoms with Gasteiger partial charge in [-0.1, -0.05) is 35.5 Å². The Balaban J connectivity index is 1.33. The Morgan fingerprint density at radius 3 is 2.81 bits per heavy atom. The molecule has 0 aliphatic carbocycles. The molecule has 2 aromatic heterocycles. The van der Waals surface area contributed by atoms with Crippen molar-refractivity contribution in [2.45, 2.75) is 39.2 Å². The molecule has 3 heterocycles. The Bertz CT molecular complexity index is 931. The molecule has 1 saturated heterocycles. The lowest BCUT2D eigenvalue weighted by Gasteiger charge is -2.17. The summed E-state index contributed by atoms with van der Waals surface area (Å²) in [4.78, 5) is 18.9. The minimum absolute atomic E-state index is 0.124. The Labute approximate surface area is 158 Å². The molecule has 1 fully saturated rings. The zero-order valence-corrected chi connectivity index (χ0v) is 15.6. The van der Waals surface area contributed by atoms with Crippen LogP contribution in [0.4, 0.5) is 0 Å². The SMILES string of the molecule is Cc1cc(C)n([C@@H]2CCN(C(=O)CCc3nc(-c4ccccc4)no3)C2)n1. The summed E-state index contributed by atoms with van der Waals surface area (Å²) in [6.07, 6.45) is 1.77. The highest BCUT2D eigenvalue weighted by Gasteiger charge is 2.28. The average molecular weight is 365 g/mol. The molecule has 1 aromatic carbocycles. The molecule has 0 unspecified atom stereocenters. The highest BCUT2D eigenvalue weighted by Crippen LogP contribution is 2.24. The molecule has 0 bridgehead atoms. The maximum absolute atomic E-state index is 12.6. The van der Waals surface area contributed by atoms with Gasteiger partial charge in [-0.3, -0.25) is 9.48 Å². The molecule has 27 heavy (non-hydrogen) atoms. The fourth-order valence-corrected chi connectivity index (χ4v) is 3.62. The molecule has 7 heteroatoms. The Morgan fingerprint density at radius 2 is 2.07 bits per heavy atom. The topological polar surface area (TPSA) is 77.0 Å². The van der Waals surface area contributed by atoms with Gasteiger partial charge in [-0.05, 0) is 26.3 Å². The zero-order valence-electron chi connectivity index (χ0n) is 15.6. The third-order valence-electron chi connectivity index (χ3n) is 4.96. The smallest absolute Gasteiger partial charge is 0.227 e. The van der Waals surface area contributed by atoms with Crippen molar-refractivity contribution in [3.05, 3.63) is 53.7 Å². The van der Waals surface area contributed by atoms with Crippen molar-refractivity contribution in [1.29, 1.82) is 0 Å². The summed E-state index contributed by atoms with van der Waals surface area (Å²) in [6, 6.07) is 12.0. The van der Waals surface area contributed by atoms with Crippen LogP contribution in [0, 0.1) is 13.8 Å². The Hall–Kier alpha value is -2.96. The second-order valence-electron chi connectivity index (χ2n) is 7.03. The fourth-order valence-electron chi connectivity index (χ4n) is 3.62. The van der Waals surface area contributed by atoms with Gasteiger partial charge in [0.2, 0.25) is 17.6 Å². The van der Waals surface area contributed by atoms with Crippen molar-refractivity contribution in [2.75, 3.05) is 13.1 Å². The van der Waals surface area contributed by atoms with Gasteiger partial charge in [0.25, 0.3) is 0 Å². The van der Waals surface area contributed by atoms with Crippen LogP contribution >= 0.6 is 0 Å². The van der Waals surface area contributed by atoms with Crippen LogP contribution in [0.3, 0.4) is 0 Å². The maximum atomic E-state index is 12.6. The number of hydrogen-bond acceptors (Lipinski definition) is 5. The largest absolute Gasteiger partial charge is 0.340 e. The second-order valence-corrected chi connectivity index (χ2v) is 7.03. The van der Waals surface area contributed by atoms with Crippen LogP contribution in [0.2, 0.25) is 0 Å². The van der Waals surface area contributed by atoms with Crippen molar-refractivity contribution in [1.82, 2.24) is 24.8 Å². The molecule has 1 amide bonds. The molecule has 0 radical (unpaired) electrons. The van der Waals surface area contributed by atoms with Crippen LogP contribution in [0.1, 0.15) is 36.2 Å². The summed E-state index contributed by atoms with van der Waals surface area (Å²) < 4.78 is 7.34. The highest BCUT2D eigenvalue weighted by atomic mass is 16.5. The van der Waals surface area contributed by atoms with Crippen molar-refractivity contribution < 1.29 is 9.32 Å². The standard InChI is InChI=1S/C20H23N5O2/c1-14-12-15(2)25(22-14)17-10-11-24(13-17)19(26)9-8-18-21-20(23-27-18)16-6-4-3-5-7-16/h3-7,12,17H,8-11,13H2,1-2H3/t17-/m1/s1. The van der Waals surface area contributed by atoms with E-state index < -0.39 is 0 Å². The second kappa shape index (κ2) is 7.34. The summed E-state index contributed by atoms with van der Waals surface area (Å²) in [5, 5.41) is 8.56. The molecule has 7 nitrogen and oxygen atoms in total. The quantitative estimate of drug-likeness (QED) is 0.695. The monoisotopic (exact) mass is 365 g/mol. The number of amides is 1. The van der Waals surface area contributed by atoms with Gasteiger partial charge in [0, 0.05) is 37.2 Å². The number of rotatable bonds is 5. The number of aryl methyl sites for hydroxylation is 3. The van der Waals surface area contributed by atoms with Gasteiger partial charge in [-0.15, -0.1) is 0 Å². The van der Waals surface area contributed by atoms with E-state index in [4.69, 9.17) is 4.52 Å². The van der Waals surface area contributed by atoms with Crippen LogP contribution < -0.4 is 0 Å². The Morgan fingerprint density at radius 1 is 1.26 bits per heavy atom. The lowest BCUT2D eigenvalue weighted by atomic mass is 10.2. The third-order valence-corrected chi connectivity index (χ3v) is 4.96. The van der Waals surface area contributed by atoms with Gasteiger partial charge < -0.3 is 9.42 Å². The highest BCUT2D eigenvalue weighted by molar-refractivity contribution is 5.76. The molecule has 1 aliphatic rings. The molecule has 4 rings (SSSR count). The molecule has 0 spiro atoms. The van der Waals surface area contributed by atoms with Gasteiger partial charge in [0.05, 0.1) is 11.7 Å². The van der Waals surface area contributed by atoms with E-state index in [0.717, 1.165) is 29.9 Å². The first-order valence-corrected chi connectivity index (χ1v) is 9.28. The summed E-state index contributed by atoms with van der Waals surface area (Å²) in [6.45, 7) is 5.53. The van der Waals surface area contributed by atoms with Crippen LogP contribution in [-0.4, -0.2) is 43.8 Å². The van der Waals surface area contributed by atoms with E-state index in [-0.39, 0.29) is 11.9 Å². The Kier molecular flexibility index (Phi) is 4.75. The third kappa shape index (κ3) is 3.77. The number of nitrogens with zero attached hydrogens (tertiary/aromatic N) is 5. The zero-order chi connectivity index (χ0) is 18.8. The van der Waals surface area contributed by atoms with E-state index in [1.54, 1.807) is 0 Å². The number of likely N-dealkylation sites (tertiary alicyclic amines) is 1. The lowest BCUT2D eigenvalue weighted by molar-refractivity contribution is -0.130. The molecular formula is C20H23N5O2. The van der Waals surface area contributed by atoms with Crippen LogP contribution in [0.15, 0.2) is 40.9 Å². The molecule has 3 aromatic rings. The van der Waals surface area contributed by atoms with E-state index in [1.165, 1.54) is 0 Å². The minimum Gasteiger partial charge on any atom is -0.340 e. The van der Waals surface area contributed by atoms with Crippen molar-refractivity contribution in [2.24, 2.45) is 0 Å². The van der Waals surface area contributed by atoms with Gasteiger partial charge in [0.1, 0.15) is 0 Å². The van der Waals surface area contributed by atoms with Crippen molar-refractivity contribution in [3.63, 3.8) is 0 Å². The van der Waals surface area contributed by atoms with Gasteiger partial charge in [0.15, 0.2) is 0 Å². The number of aromatic nitrogens is 4. The summed E-state index contributed by atoms with van der Waals surface area (Å²) in [5.41, 5.74) is 3.07. The first-order valence-electron chi connectivity index (χ1n) is 9.28. The molecule has 0 saturated carbocycles. The normalized spacial score (nSPS) is 16.8. The molecule has 1 atom stereocenters. The first-order chi connectivity index (χ1) is 13.1. The molecule has 0 N–H and O–H groups in total. The predicted octanol–water partition coefficient (Wildman–Crippen LogP) is 2.96. The fraction of sp³-hybridized carbons (Fsp3) is 0.400. The van der Waals surface area contributed by atoms with Crippen molar-refractivity contribution in [3.8, 4) is 11.4 Å². The van der Waals surface area contributed by atoms with Crippen molar-refractivity contribution >= 4 is 5.91 Å². The van der Waals surface area contributed by atoms with E-state index >= 15 is 0 Å². The van der Waals surface area contributed by atoms with Gasteiger partial charge in [-0.2, -0.15) is 10.1 Å². The minimum atomic E-state index is 0.124. The number of carbonyl (C=O) groups excluding carboxylic acids is 1. The van der Waals surface area contributed by atoms with E-state index in [1.807, 2.05) is 46.8 Å². The number of benzene rings is 1.